The van der Waals surface area contributed by atoms with Gasteiger partial charge in [0.05, 0.1) is 5.54 Å². The molecule has 2 aliphatic rings. The summed E-state index contributed by atoms with van der Waals surface area (Å²) >= 11 is 0. The van der Waals surface area contributed by atoms with Gasteiger partial charge in [-0.15, -0.1) is 24.8 Å². The molecule has 2 N–H and O–H groups in total. The molecular formula is C15H31Cl2N3O. The Hall–Kier alpha value is -0.0300. The van der Waals surface area contributed by atoms with Gasteiger partial charge in [-0.2, -0.15) is 0 Å². The number of likely N-dealkylation sites (tertiary alicyclic amines) is 1. The van der Waals surface area contributed by atoms with E-state index in [-0.39, 0.29) is 30.7 Å². The van der Waals surface area contributed by atoms with Gasteiger partial charge in [-0.25, -0.2) is 0 Å². The molecule has 0 spiro atoms. The van der Waals surface area contributed by atoms with Crippen molar-refractivity contribution in [3.05, 3.63) is 0 Å². The quantitative estimate of drug-likeness (QED) is 0.854. The number of carbonyl (C=O) groups excluding carboxylic acids is 1. The Bertz CT molecular complexity index is 322. The SMILES string of the molecule is CCN(C)CC1CCN(C(=O)C2(N)CCCCC2)C1.Cl.Cl. The highest BCUT2D eigenvalue weighted by molar-refractivity contribution is 5.86. The van der Waals surface area contributed by atoms with E-state index in [1.807, 2.05) is 4.90 Å². The fraction of sp³-hybridized carbons (Fsp3) is 0.933. The van der Waals surface area contributed by atoms with Crippen LogP contribution >= 0.6 is 24.8 Å². The van der Waals surface area contributed by atoms with E-state index in [1.165, 1.54) is 6.42 Å². The summed E-state index contributed by atoms with van der Waals surface area (Å²) in [5.74, 6) is 0.843. The molecule has 0 aromatic carbocycles. The van der Waals surface area contributed by atoms with Crippen LogP contribution in [0.15, 0.2) is 0 Å². The average Bonchev–Trinajstić information content (AvgIpc) is 2.87. The van der Waals surface area contributed by atoms with Crippen molar-refractivity contribution in [3.8, 4) is 0 Å². The topological polar surface area (TPSA) is 49.6 Å². The van der Waals surface area contributed by atoms with Crippen LogP contribution in [0.5, 0.6) is 0 Å². The second-order valence-corrected chi connectivity index (χ2v) is 6.48. The van der Waals surface area contributed by atoms with E-state index < -0.39 is 5.54 Å². The normalized spacial score (nSPS) is 24.4. The maximum atomic E-state index is 12.6. The van der Waals surface area contributed by atoms with Gasteiger partial charge in [0.15, 0.2) is 0 Å². The molecule has 0 bridgehead atoms. The molecule has 126 valence electrons. The standard InChI is InChI=1S/C15H29N3O.2ClH/c1-3-17(2)11-13-7-10-18(12-13)14(19)15(16)8-5-4-6-9-15;;/h13H,3-12,16H2,1-2H3;2*1H. The van der Waals surface area contributed by atoms with E-state index in [4.69, 9.17) is 5.73 Å². The lowest BCUT2D eigenvalue weighted by Gasteiger charge is -2.35. The molecule has 0 aromatic heterocycles. The molecule has 1 unspecified atom stereocenters. The Labute approximate surface area is 141 Å². The van der Waals surface area contributed by atoms with Crippen LogP contribution in [-0.4, -0.2) is 54.5 Å². The third kappa shape index (κ3) is 5.27. The van der Waals surface area contributed by atoms with Crippen LogP contribution in [0.25, 0.3) is 0 Å². The van der Waals surface area contributed by atoms with E-state index in [1.54, 1.807) is 0 Å². The lowest BCUT2D eigenvalue weighted by atomic mass is 9.81. The van der Waals surface area contributed by atoms with Gasteiger partial charge in [-0.05, 0) is 38.8 Å². The summed E-state index contributed by atoms with van der Waals surface area (Å²) in [4.78, 5) is 17.0. The van der Waals surface area contributed by atoms with Crippen LogP contribution < -0.4 is 5.73 Å². The third-order valence-corrected chi connectivity index (χ3v) is 4.85. The maximum Gasteiger partial charge on any atom is 0.242 e. The highest BCUT2D eigenvalue weighted by Gasteiger charge is 2.40. The molecule has 2 fully saturated rings. The van der Waals surface area contributed by atoms with Crippen molar-refractivity contribution in [1.29, 1.82) is 0 Å². The summed E-state index contributed by atoms with van der Waals surface area (Å²) in [6, 6.07) is 0. The Morgan fingerprint density at radius 2 is 1.90 bits per heavy atom. The molecule has 1 heterocycles. The zero-order chi connectivity index (χ0) is 13.9. The second kappa shape index (κ2) is 9.19. The van der Waals surface area contributed by atoms with Crippen LogP contribution in [0.3, 0.4) is 0 Å². The van der Waals surface area contributed by atoms with Gasteiger partial charge >= 0.3 is 0 Å². The first-order chi connectivity index (χ1) is 9.05. The van der Waals surface area contributed by atoms with E-state index in [0.717, 1.165) is 58.3 Å². The van der Waals surface area contributed by atoms with Gasteiger partial charge in [0.2, 0.25) is 5.91 Å². The van der Waals surface area contributed by atoms with Gasteiger partial charge in [0.25, 0.3) is 0 Å². The molecule has 21 heavy (non-hydrogen) atoms. The van der Waals surface area contributed by atoms with Crippen molar-refractivity contribution in [2.75, 3.05) is 33.2 Å². The number of halogens is 2. The summed E-state index contributed by atoms with van der Waals surface area (Å²) in [7, 11) is 2.15. The van der Waals surface area contributed by atoms with Gasteiger partial charge in [0, 0.05) is 19.6 Å². The molecule has 4 nitrogen and oxygen atoms in total. The molecule has 1 amide bonds. The number of rotatable bonds is 4. The summed E-state index contributed by atoms with van der Waals surface area (Å²) in [6.07, 6.45) is 6.34. The van der Waals surface area contributed by atoms with Crippen molar-refractivity contribution in [2.45, 2.75) is 51.0 Å². The molecular weight excluding hydrogens is 309 g/mol. The summed E-state index contributed by atoms with van der Waals surface area (Å²) < 4.78 is 0. The fourth-order valence-corrected chi connectivity index (χ4v) is 3.45. The number of nitrogens with zero attached hydrogens (tertiary/aromatic N) is 2. The van der Waals surface area contributed by atoms with Crippen LogP contribution in [0.1, 0.15) is 45.4 Å². The van der Waals surface area contributed by atoms with E-state index in [9.17, 15) is 4.79 Å². The average molecular weight is 340 g/mol. The molecule has 1 saturated carbocycles. The fourth-order valence-electron chi connectivity index (χ4n) is 3.45. The van der Waals surface area contributed by atoms with Crippen molar-refractivity contribution in [3.63, 3.8) is 0 Å². The Kier molecular flexibility index (Phi) is 9.17. The molecule has 2 rings (SSSR count). The van der Waals surface area contributed by atoms with E-state index >= 15 is 0 Å². The summed E-state index contributed by atoms with van der Waals surface area (Å²) in [6.45, 7) is 6.15. The van der Waals surface area contributed by atoms with Gasteiger partial charge in [-0.1, -0.05) is 26.2 Å². The minimum Gasteiger partial charge on any atom is -0.341 e. The van der Waals surface area contributed by atoms with Crippen LogP contribution in [0, 0.1) is 5.92 Å². The highest BCUT2D eigenvalue weighted by Crippen LogP contribution is 2.29. The molecule has 1 aliphatic heterocycles. The van der Waals surface area contributed by atoms with Gasteiger partial charge in [-0.3, -0.25) is 4.79 Å². The van der Waals surface area contributed by atoms with Gasteiger partial charge in [0.1, 0.15) is 0 Å². The van der Waals surface area contributed by atoms with E-state index in [0.29, 0.717) is 5.92 Å². The Morgan fingerprint density at radius 3 is 2.48 bits per heavy atom. The Morgan fingerprint density at radius 1 is 1.29 bits per heavy atom. The second-order valence-electron chi connectivity index (χ2n) is 6.48. The number of carbonyl (C=O) groups is 1. The first-order valence-electron chi connectivity index (χ1n) is 7.82. The van der Waals surface area contributed by atoms with Gasteiger partial charge < -0.3 is 15.5 Å². The number of nitrogens with two attached hydrogens (primary N) is 1. The largest absolute Gasteiger partial charge is 0.341 e. The predicted molar refractivity (Wildman–Crippen MR) is 92.4 cm³/mol. The first-order valence-corrected chi connectivity index (χ1v) is 7.82. The van der Waals surface area contributed by atoms with Crippen molar-refractivity contribution >= 4 is 30.7 Å². The number of hydrogen-bond donors (Lipinski definition) is 1. The van der Waals surface area contributed by atoms with Crippen LogP contribution in [0.2, 0.25) is 0 Å². The molecule has 6 heteroatoms. The number of amides is 1. The minimum atomic E-state index is -0.552. The molecule has 1 aliphatic carbocycles. The molecule has 1 atom stereocenters. The van der Waals surface area contributed by atoms with Crippen LogP contribution in [0.4, 0.5) is 0 Å². The van der Waals surface area contributed by atoms with Crippen LogP contribution in [-0.2, 0) is 4.79 Å². The number of hydrogen-bond acceptors (Lipinski definition) is 3. The zero-order valence-corrected chi connectivity index (χ0v) is 15.0. The molecule has 1 saturated heterocycles. The van der Waals surface area contributed by atoms with E-state index in [2.05, 4.69) is 18.9 Å². The first kappa shape index (κ1) is 21.0. The summed E-state index contributed by atoms with van der Waals surface area (Å²) in [5.41, 5.74) is 5.80. The van der Waals surface area contributed by atoms with Crippen molar-refractivity contribution in [1.82, 2.24) is 9.80 Å². The highest BCUT2D eigenvalue weighted by atomic mass is 35.5. The Balaban J connectivity index is 0.00000200. The molecule has 0 aromatic rings. The van der Waals surface area contributed by atoms with Crippen molar-refractivity contribution < 1.29 is 4.79 Å². The minimum absolute atomic E-state index is 0. The maximum absolute atomic E-state index is 12.6. The monoisotopic (exact) mass is 339 g/mol. The lowest BCUT2D eigenvalue weighted by Crippen LogP contribution is -2.55. The molecule has 0 radical (unpaired) electrons. The van der Waals surface area contributed by atoms with Crippen molar-refractivity contribution in [2.24, 2.45) is 11.7 Å². The third-order valence-electron chi connectivity index (χ3n) is 4.85. The summed E-state index contributed by atoms with van der Waals surface area (Å²) in [5, 5.41) is 0. The lowest BCUT2D eigenvalue weighted by molar-refractivity contribution is -0.137. The smallest absolute Gasteiger partial charge is 0.242 e. The predicted octanol–water partition coefficient (Wildman–Crippen LogP) is 2.29. The zero-order valence-electron chi connectivity index (χ0n) is 13.3.